The van der Waals surface area contributed by atoms with Crippen LogP contribution in [0.1, 0.15) is 27.0 Å². The number of nitriles is 1. The van der Waals surface area contributed by atoms with E-state index in [-0.39, 0.29) is 12.2 Å². The third-order valence-corrected chi connectivity index (χ3v) is 6.29. The molecule has 43 heavy (non-hydrogen) atoms. The van der Waals surface area contributed by atoms with Gasteiger partial charge in [0, 0.05) is 5.69 Å². The molecule has 0 aliphatic carbocycles. The fourth-order valence-electron chi connectivity index (χ4n) is 4.03. The van der Waals surface area contributed by atoms with Crippen LogP contribution < -0.4 is 24.3 Å². The Morgan fingerprint density at radius 2 is 1.37 bits per heavy atom. The second kappa shape index (κ2) is 14.8. The van der Waals surface area contributed by atoms with Crippen LogP contribution >= 0.6 is 0 Å². The van der Waals surface area contributed by atoms with Crippen LogP contribution in [0.2, 0.25) is 0 Å². The highest BCUT2D eigenvalue weighted by Crippen LogP contribution is 2.32. The summed E-state index contributed by atoms with van der Waals surface area (Å²) in [6.45, 7) is 0.659. The van der Waals surface area contributed by atoms with E-state index in [2.05, 4.69) is 10.1 Å². The third kappa shape index (κ3) is 8.15. The van der Waals surface area contributed by atoms with E-state index in [1.54, 1.807) is 37.4 Å². The molecule has 0 aliphatic heterocycles. The number of hydrogen-bond donors (Lipinski definition) is 1. The zero-order valence-corrected chi connectivity index (χ0v) is 24.0. The molecular formula is C34H30N2O7. The Hall–Kier alpha value is -5.75. The molecule has 218 valence electrons. The summed E-state index contributed by atoms with van der Waals surface area (Å²) in [4.78, 5) is 24.3. The summed E-state index contributed by atoms with van der Waals surface area (Å²) in [7, 11) is 4.38. The standard InChI is InChI=1S/C34H30N2O7/c1-39-31-18-24(17-27(20-35)33(37)36-28-13-11-26(12-14-28)34(38)41-3)9-15-29(31)43-22-25-10-16-30(32(19-25)40-2)42-21-23-7-5-4-6-8-23/h4-19H,21-22H2,1-3H3,(H,36,37)/b27-17-. The first-order chi connectivity index (χ1) is 20.9. The molecule has 0 spiro atoms. The monoisotopic (exact) mass is 578 g/mol. The van der Waals surface area contributed by atoms with Gasteiger partial charge in [-0.2, -0.15) is 5.26 Å². The third-order valence-electron chi connectivity index (χ3n) is 6.29. The Morgan fingerprint density at radius 1 is 0.744 bits per heavy atom. The molecule has 0 saturated heterocycles. The van der Waals surface area contributed by atoms with Crippen LogP contribution in [0, 0.1) is 11.3 Å². The van der Waals surface area contributed by atoms with E-state index >= 15 is 0 Å². The van der Waals surface area contributed by atoms with Gasteiger partial charge in [0.05, 0.1) is 26.9 Å². The maximum atomic E-state index is 12.7. The highest BCUT2D eigenvalue weighted by atomic mass is 16.5. The van der Waals surface area contributed by atoms with Gasteiger partial charge in [-0.05, 0) is 71.3 Å². The number of carbonyl (C=O) groups excluding carboxylic acids is 2. The number of rotatable bonds is 12. The lowest BCUT2D eigenvalue weighted by atomic mass is 10.1. The van der Waals surface area contributed by atoms with Crippen molar-refractivity contribution < 1.29 is 33.3 Å². The van der Waals surface area contributed by atoms with Crippen LogP contribution in [0.15, 0.2) is 96.6 Å². The average molecular weight is 579 g/mol. The molecule has 9 heteroatoms. The highest BCUT2D eigenvalue weighted by Gasteiger charge is 2.13. The van der Waals surface area contributed by atoms with Gasteiger partial charge in [0.2, 0.25) is 0 Å². The lowest BCUT2D eigenvalue weighted by molar-refractivity contribution is -0.112. The smallest absolute Gasteiger partial charge is 0.337 e. The summed E-state index contributed by atoms with van der Waals surface area (Å²) in [6.07, 6.45) is 1.45. The number of anilines is 1. The van der Waals surface area contributed by atoms with Crippen LogP contribution in [-0.2, 0) is 22.7 Å². The molecule has 0 radical (unpaired) electrons. The number of esters is 1. The van der Waals surface area contributed by atoms with Gasteiger partial charge in [-0.15, -0.1) is 0 Å². The summed E-state index contributed by atoms with van der Waals surface area (Å²) in [5, 5.41) is 12.3. The number of ether oxygens (including phenoxy) is 5. The first-order valence-electron chi connectivity index (χ1n) is 13.2. The first-order valence-corrected chi connectivity index (χ1v) is 13.2. The Balaban J connectivity index is 1.41. The quantitative estimate of drug-likeness (QED) is 0.120. The fourth-order valence-corrected chi connectivity index (χ4v) is 4.03. The number of hydrogen-bond acceptors (Lipinski definition) is 8. The van der Waals surface area contributed by atoms with Crippen molar-refractivity contribution in [3.63, 3.8) is 0 Å². The predicted octanol–water partition coefficient (Wildman–Crippen LogP) is 6.19. The molecule has 1 amide bonds. The van der Waals surface area contributed by atoms with Gasteiger partial charge in [-0.1, -0.05) is 42.5 Å². The van der Waals surface area contributed by atoms with E-state index in [1.807, 2.05) is 54.6 Å². The van der Waals surface area contributed by atoms with Crippen LogP contribution in [0.3, 0.4) is 0 Å². The Labute approximate surface area is 249 Å². The van der Waals surface area contributed by atoms with E-state index in [0.29, 0.717) is 46.4 Å². The Kier molecular flexibility index (Phi) is 10.4. The largest absolute Gasteiger partial charge is 0.493 e. The van der Waals surface area contributed by atoms with E-state index in [1.165, 1.54) is 32.4 Å². The number of nitrogens with zero attached hydrogens (tertiary/aromatic N) is 1. The van der Waals surface area contributed by atoms with Crippen molar-refractivity contribution in [3.8, 4) is 29.1 Å². The summed E-state index contributed by atoms with van der Waals surface area (Å²) in [6, 6.07) is 28.6. The molecule has 4 aromatic rings. The molecule has 0 aromatic heterocycles. The number of carbonyl (C=O) groups is 2. The van der Waals surface area contributed by atoms with Gasteiger partial charge in [-0.25, -0.2) is 4.79 Å². The minimum absolute atomic E-state index is 0.116. The molecule has 0 atom stereocenters. The topological polar surface area (TPSA) is 116 Å². The van der Waals surface area contributed by atoms with Gasteiger partial charge >= 0.3 is 5.97 Å². The van der Waals surface area contributed by atoms with Crippen molar-refractivity contribution in [2.45, 2.75) is 13.2 Å². The van der Waals surface area contributed by atoms with E-state index in [4.69, 9.17) is 18.9 Å². The summed E-state index contributed by atoms with van der Waals surface area (Å²) in [5.74, 6) is 1.04. The van der Waals surface area contributed by atoms with Crippen LogP contribution in [-0.4, -0.2) is 33.2 Å². The summed E-state index contributed by atoms with van der Waals surface area (Å²) < 4.78 is 27.6. The molecule has 4 aromatic carbocycles. The molecule has 0 fully saturated rings. The number of methoxy groups -OCH3 is 3. The SMILES string of the molecule is COC(=O)c1ccc(NC(=O)/C(C#N)=C\c2ccc(OCc3ccc(OCc4ccccc4)c(OC)c3)c(OC)c2)cc1. The van der Waals surface area contributed by atoms with Gasteiger partial charge in [-0.3, -0.25) is 4.79 Å². The molecule has 4 rings (SSSR count). The van der Waals surface area contributed by atoms with Gasteiger partial charge in [0.25, 0.3) is 5.91 Å². The fraction of sp³-hybridized carbons (Fsp3) is 0.147. The maximum Gasteiger partial charge on any atom is 0.337 e. The van der Waals surface area contributed by atoms with Crippen LogP contribution in [0.4, 0.5) is 5.69 Å². The average Bonchev–Trinajstić information content (AvgIpc) is 3.05. The first kappa shape index (κ1) is 30.2. The van der Waals surface area contributed by atoms with Crippen molar-refractivity contribution in [1.82, 2.24) is 0 Å². The molecule has 0 aliphatic rings. The number of amides is 1. The van der Waals surface area contributed by atoms with Gasteiger partial charge in [0.1, 0.15) is 24.9 Å². The lowest BCUT2D eigenvalue weighted by Crippen LogP contribution is -2.13. The number of benzene rings is 4. The van der Waals surface area contributed by atoms with Crippen molar-refractivity contribution in [1.29, 1.82) is 5.26 Å². The summed E-state index contributed by atoms with van der Waals surface area (Å²) >= 11 is 0. The molecule has 0 bridgehead atoms. The van der Waals surface area contributed by atoms with Gasteiger partial charge in [0.15, 0.2) is 23.0 Å². The maximum absolute atomic E-state index is 12.7. The van der Waals surface area contributed by atoms with Crippen molar-refractivity contribution in [3.05, 3.63) is 119 Å². The molecule has 0 unspecified atom stereocenters. The summed E-state index contributed by atoms with van der Waals surface area (Å²) in [5.41, 5.74) is 3.13. The molecule has 0 heterocycles. The van der Waals surface area contributed by atoms with E-state index < -0.39 is 11.9 Å². The second-order valence-electron chi connectivity index (χ2n) is 9.15. The zero-order valence-electron chi connectivity index (χ0n) is 24.0. The molecular weight excluding hydrogens is 548 g/mol. The molecule has 1 N–H and O–H groups in total. The molecule has 9 nitrogen and oxygen atoms in total. The lowest BCUT2D eigenvalue weighted by Gasteiger charge is -2.14. The highest BCUT2D eigenvalue weighted by molar-refractivity contribution is 6.09. The van der Waals surface area contributed by atoms with Crippen molar-refractivity contribution in [2.75, 3.05) is 26.6 Å². The Bertz CT molecular complexity index is 1640. The van der Waals surface area contributed by atoms with Crippen LogP contribution in [0.5, 0.6) is 23.0 Å². The minimum atomic E-state index is -0.599. The minimum Gasteiger partial charge on any atom is -0.493 e. The zero-order chi connectivity index (χ0) is 30.6. The van der Waals surface area contributed by atoms with Crippen molar-refractivity contribution >= 4 is 23.6 Å². The van der Waals surface area contributed by atoms with E-state index in [0.717, 1.165) is 11.1 Å². The Morgan fingerprint density at radius 3 is 2.00 bits per heavy atom. The predicted molar refractivity (Wildman–Crippen MR) is 161 cm³/mol. The van der Waals surface area contributed by atoms with Crippen LogP contribution in [0.25, 0.3) is 6.08 Å². The number of nitrogens with one attached hydrogen (secondary N) is 1. The van der Waals surface area contributed by atoms with Crippen molar-refractivity contribution in [2.24, 2.45) is 0 Å². The normalized spacial score (nSPS) is 10.7. The van der Waals surface area contributed by atoms with Gasteiger partial charge < -0.3 is 29.0 Å². The second-order valence-corrected chi connectivity index (χ2v) is 9.15. The van der Waals surface area contributed by atoms with E-state index in [9.17, 15) is 14.9 Å². The molecule has 0 saturated carbocycles.